The summed E-state index contributed by atoms with van der Waals surface area (Å²) in [6, 6.07) is 3.50. The van der Waals surface area contributed by atoms with Gasteiger partial charge < -0.3 is 15.6 Å². The summed E-state index contributed by atoms with van der Waals surface area (Å²) in [5.41, 5.74) is 6.68. The molecule has 0 aromatic carbocycles. The molecule has 0 radical (unpaired) electrons. The zero-order chi connectivity index (χ0) is 12.8. The van der Waals surface area contributed by atoms with Crippen molar-refractivity contribution in [3.63, 3.8) is 0 Å². The summed E-state index contributed by atoms with van der Waals surface area (Å²) in [4.78, 5) is 12.5. The van der Waals surface area contributed by atoms with Crippen LogP contribution in [0, 0.1) is 11.8 Å². The maximum absolute atomic E-state index is 11.9. The first-order valence-electron chi connectivity index (χ1n) is 5.25. The number of carbonyl (C=O) groups excluding carboxylic acids is 1. The third-order valence-electron chi connectivity index (χ3n) is 2.12. The maximum atomic E-state index is 11.9. The van der Waals surface area contributed by atoms with E-state index in [1.807, 2.05) is 5.38 Å². The Balaban J connectivity index is 2.02. The quantitative estimate of drug-likeness (QED) is 0.807. The van der Waals surface area contributed by atoms with E-state index < -0.39 is 0 Å². The number of hydrogen-bond acceptors (Lipinski definition) is 5. The molecule has 3 N–H and O–H groups in total. The Morgan fingerprint density at radius 1 is 1.56 bits per heavy atom. The lowest BCUT2D eigenvalue weighted by Gasteiger charge is -2.00. The van der Waals surface area contributed by atoms with Crippen molar-refractivity contribution in [3.8, 4) is 11.8 Å². The maximum Gasteiger partial charge on any atom is 0.262 e. The number of aromatic nitrogens is 1. The largest absolute Gasteiger partial charge is 0.364 e. The van der Waals surface area contributed by atoms with Gasteiger partial charge >= 0.3 is 0 Å². The van der Waals surface area contributed by atoms with Crippen LogP contribution in [-0.4, -0.2) is 17.6 Å². The van der Waals surface area contributed by atoms with Gasteiger partial charge in [0.05, 0.1) is 13.1 Å². The van der Waals surface area contributed by atoms with Gasteiger partial charge in [0.25, 0.3) is 5.91 Å². The molecule has 0 aliphatic rings. The highest BCUT2D eigenvalue weighted by Crippen LogP contribution is 2.15. The number of nitrogens with two attached hydrogens (primary N) is 1. The Morgan fingerprint density at radius 2 is 2.44 bits per heavy atom. The van der Waals surface area contributed by atoms with Crippen LogP contribution < -0.4 is 11.1 Å². The molecule has 6 heteroatoms. The second-order valence-electron chi connectivity index (χ2n) is 3.34. The number of amides is 1. The Morgan fingerprint density at radius 3 is 3.17 bits per heavy atom. The average Bonchev–Trinajstić information content (AvgIpc) is 3.04. The topological polar surface area (TPSA) is 81.2 Å². The van der Waals surface area contributed by atoms with E-state index in [0.29, 0.717) is 22.7 Å². The van der Waals surface area contributed by atoms with Crippen LogP contribution in [0.3, 0.4) is 0 Å². The first-order valence-corrected chi connectivity index (χ1v) is 6.13. The van der Waals surface area contributed by atoms with Gasteiger partial charge in [-0.3, -0.25) is 4.79 Å². The molecule has 0 saturated heterocycles. The highest BCUT2D eigenvalue weighted by atomic mass is 32.1. The second kappa shape index (κ2) is 6.00. The predicted octanol–water partition coefficient (Wildman–Crippen LogP) is 0.976. The number of rotatable bonds is 3. The average molecular weight is 261 g/mol. The van der Waals surface area contributed by atoms with Gasteiger partial charge in [0.15, 0.2) is 0 Å². The van der Waals surface area contributed by atoms with E-state index in [1.165, 1.54) is 17.6 Å². The van der Waals surface area contributed by atoms with Gasteiger partial charge in [-0.15, -0.1) is 11.3 Å². The van der Waals surface area contributed by atoms with Crippen LogP contribution in [0.15, 0.2) is 28.3 Å². The smallest absolute Gasteiger partial charge is 0.262 e. The minimum absolute atomic E-state index is 0.172. The molecule has 0 aliphatic heterocycles. The molecular weight excluding hydrogens is 250 g/mol. The van der Waals surface area contributed by atoms with Gasteiger partial charge in [-0.2, -0.15) is 0 Å². The molecule has 2 aromatic rings. The van der Waals surface area contributed by atoms with Crippen molar-refractivity contribution in [1.29, 1.82) is 0 Å². The summed E-state index contributed by atoms with van der Waals surface area (Å²) in [6.45, 7) is 0.604. The summed E-state index contributed by atoms with van der Waals surface area (Å²) in [7, 11) is 0. The van der Waals surface area contributed by atoms with E-state index >= 15 is 0 Å². The fourth-order valence-corrected chi connectivity index (χ4v) is 2.08. The van der Waals surface area contributed by atoms with E-state index in [1.54, 1.807) is 12.1 Å². The van der Waals surface area contributed by atoms with Crippen molar-refractivity contribution in [2.75, 3.05) is 6.54 Å². The van der Waals surface area contributed by atoms with Crippen LogP contribution in [0.25, 0.3) is 0 Å². The fourth-order valence-electron chi connectivity index (χ4n) is 1.31. The van der Waals surface area contributed by atoms with Gasteiger partial charge in [0.2, 0.25) is 0 Å². The van der Waals surface area contributed by atoms with Gasteiger partial charge in [0.1, 0.15) is 16.8 Å². The lowest BCUT2D eigenvalue weighted by molar-refractivity contribution is 0.0954. The monoisotopic (exact) mass is 261 g/mol. The molecule has 18 heavy (non-hydrogen) atoms. The first kappa shape index (κ1) is 12.4. The zero-order valence-electron chi connectivity index (χ0n) is 9.47. The molecule has 0 atom stereocenters. The third-order valence-corrected chi connectivity index (χ3v) is 3.03. The van der Waals surface area contributed by atoms with Gasteiger partial charge in [-0.1, -0.05) is 17.0 Å². The van der Waals surface area contributed by atoms with Crippen molar-refractivity contribution in [1.82, 2.24) is 10.5 Å². The van der Waals surface area contributed by atoms with Gasteiger partial charge in [0, 0.05) is 11.6 Å². The number of thiophene rings is 1. The van der Waals surface area contributed by atoms with E-state index in [9.17, 15) is 4.79 Å². The van der Waals surface area contributed by atoms with Crippen molar-refractivity contribution in [3.05, 3.63) is 39.9 Å². The SMILES string of the molecule is NCC#Cc1ccsc1C(=O)NCc1ccon1. The van der Waals surface area contributed by atoms with E-state index in [-0.39, 0.29) is 12.5 Å². The molecule has 2 aromatic heterocycles. The standard InChI is InChI=1S/C12H11N3O2S/c13-5-1-2-9-4-7-18-11(9)12(16)14-8-10-3-6-17-15-10/h3-4,6-7H,5,8,13H2,(H,14,16). The van der Waals surface area contributed by atoms with Crippen molar-refractivity contribution in [2.24, 2.45) is 5.73 Å². The Hall–Kier alpha value is -2.10. The summed E-state index contributed by atoms with van der Waals surface area (Å²) >= 11 is 1.35. The number of hydrogen-bond donors (Lipinski definition) is 2. The van der Waals surface area contributed by atoms with Crippen molar-refractivity contribution < 1.29 is 9.32 Å². The summed E-state index contributed by atoms with van der Waals surface area (Å²) < 4.78 is 4.68. The third kappa shape index (κ3) is 2.97. The van der Waals surface area contributed by atoms with Crippen molar-refractivity contribution in [2.45, 2.75) is 6.54 Å². The Labute approximate surface area is 108 Å². The van der Waals surface area contributed by atoms with Gasteiger partial charge in [-0.05, 0) is 11.4 Å². The molecule has 1 amide bonds. The number of nitrogens with one attached hydrogen (secondary N) is 1. The minimum atomic E-state index is -0.172. The van der Waals surface area contributed by atoms with Crippen LogP contribution in [0.5, 0.6) is 0 Å². The van der Waals surface area contributed by atoms with Crippen LogP contribution in [0.1, 0.15) is 20.9 Å². The van der Waals surface area contributed by atoms with Crippen molar-refractivity contribution >= 4 is 17.2 Å². The molecule has 92 valence electrons. The molecule has 5 nitrogen and oxygen atoms in total. The highest BCUT2D eigenvalue weighted by molar-refractivity contribution is 7.12. The summed E-state index contributed by atoms with van der Waals surface area (Å²) in [6.07, 6.45) is 1.46. The molecule has 2 heterocycles. The molecule has 0 spiro atoms. The zero-order valence-corrected chi connectivity index (χ0v) is 10.3. The Kier molecular flexibility index (Phi) is 4.12. The lowest BCUT2D eigenvalue weighted by atomic mass is 10.2. The summed E-state index contributed by atoms with van der Waals surface area (Å²) in [5.74, 6) is 5.43. The van der Waals surface area contributed by atoms with E-state index in [0.717, 1.165) is 0 Å². The van der Waals surface area contributed by atoms with Crippen LogP contribution in [0.2, 0.25) is 0 Å². The van der Waals surface area contributed by atoms with E-state index in [4.69, 9.17) is 5.73 Å². The van der Waals surface area contributed by atoms with Crippen LogP contribution >= 0.6 is 11.3 Å². The predicted molar refractivity (Wildman–Crippen MR) is 67.9 cm³/mol. The first-order chi connectivity index (χ1) is 8.81. The molecule has 0 fully saturated rings. The molecule has 0 bridgehead atoms. The fraction of sp³-hybridized carbons (Fsp3) is 0.167. The second-order valence-corrected chi connectivity index (χ2v) is 4.26. The van der Waals surface area contributed by atoms with Gasteiger partial charge in [-0.25, -0.2) is 0 Å². The highest BCUT2D eigenvalue weighted by Gasteiger charge is 2.11. The molecule has 0 unspecified atom stereocenters. The molecule has 2 rings (SSSR count). The van der Waals surface area contributed by atoms with Crippen LogP contribution in [0.4, 0.5) is 0 Å². The summed E-state index contributed by atoms with van der Waals surface area (Å²) in [5, 5.41) is 8.29. The molecule has 0 aliphatic carbocycles. The lowest BCUT2D eigenvalue weighted by Crippen LogP contribution is -2.22. The number of nitrogens with zero attached hydrogens (tertiary/aromatic N) is 1. The number of carbonyl (C=O) groups is 1. The molecule has 0 saturated carbocycles. The minimum Gasteiger partial charge on any atom is -0.364 e. The molecular formula is C12H11N3O2S. The normalized spacial score (nSPS) is 9.61. The van der Waals surface area contributed by atoms with E-state index in [2.05, 4.69) is 26.8 Å². The Bertz CT molecular complexity index is 578. The van der Waals surface area contributed by atoms with Crippen LogP contribution in [-0.2, 0) is 6.54 Å².